The molecule has 0 bridgehead atoms. The topological polar surface area (TPSA) is 72.9 Å². The Morgan fingerprint density at radius 2 is 2.05 bits per heavy atom. The zero-order chi connectivity index (χ0) is 15.2. The predicted octanol–water partition coefficient (Wildman–Crippen LogP) is 1.07. The van der Waals surface area contributed by atoms with Gasteiger partial charge in [0.25, 0.3) is 0 Å². The lowest BCUT2D eigenvalue weighted by molar-refractivity contribution is -0.139. The molecule has 2 N–H and O–H groups in total. The molecule has 2 fully saturated rings. The molecule has 0 aromatic carbocycles. The SMILES string of the molecule is CSCC[C@H](NC(=O)N1CCC(N2CCCC2)C1)C(=O)O. The molecule has 2 atom stereocenters. The number of rotatable bonds is 6. The second-order valence-electron chi connectivity index (χ2n) is 5.75. The fourth-order valence-electron chi connectivity index (χ4n) is 3.06. The monoisotopic (exact) mass is 315 g/mol. The average Bonchev–Trinajstić information content (AvgIpc) is 3.12. The molecule has 0 aromatic heterocycles. The van der Waals surface area contributed by atoms with Crippen LogP contribution in [0.15, 0.2) is 0 Å². The summed E-state index contributed by atoms with van der Waals surface area (Å²) in [6.45, 7) is 3.71. The van der Waals surface area contributed by atoms with Gasteiger partial charge in [-0.1, -0.05) is 0 Å². The summed E-state index contributed by atoms with van der Waals surface area (Å²) in [5.74, 6) is -0.221. The number of aliphatic carboxylic acids is 1. The Bertz CT molecular complexity index is 374. The van der Waals surface area contributed by atoms with E-state index in [9.17, 15) is 9.59 Å². The van der Waals surface area contributed by atoms with E-state index in [0.29, 0.717) is 12.5 Å². The lowest BCUT2D eigenvalue weighted by Crippen LogP contribution is -2.48. The molecule has 0 radical (unpaired) electrons. The first-order valence-electron chi connectivity index (χ1n) is 7.63. The number of hydrogen-bond acceptors (Lipinski definition) is 4. The van der Waals surface area contributed by atoms with Crippen LogP contribution in [0.4, 0.5) is 4.79 Å². The maximum atomic E-state index is 12.2. The van der Waals surface area contributed by atoms with Gasteiger partial charge in [0.2, 0.25) is 0 Å². The molecule has 2 aliphatic heterocycles. The molecule has 2 amide bonds. The van der Waals surface area contributed by atoms with Gasteiger partial charge in [-0.25, -0.2) is 9.59 Å². The summed E-state index contributed by atoms with van der Waals surface area (Å²) in [7, 11) is 0. The molecule has 21 heavy (non-hydrogen) atoms. The van der Waals surface area contributed by atoms with Gasteiger partial charge in [-0.15, -0.1) is 0 Å². The molecule has 0 saturated carbocycles. The Balaban J connectivity index is 1.81. The normalized spacial score (nSPS) is 24.2. The Labute approximate surface area is 130 Å². The summed E-state index contributed by atoms with van der Waals surface area (Å²) in [5.41, 5.74) is 0. The van der Waals surface area contributed by atoms with Crippen LogP contribution in [0.1, 0.15) is 25.7 Å². The predicted molar refractivity (Wildman–Crippen MR) is 83.7 cm³/mol. The third-order valence-electron chi connectivity index (χ3n) is 4.31. The van der Waals surface area contributed by atoms with Crippen LogP contribution < -0.4 is 5.32 Å². The summed E-state index contributed by atoms with van der Waals surface area (Å²) in [5, 5.41) is 11.8. The molecule has 2 aliphatic rings. The minimum Gasteiger partial charge on any atom is -0.480 e. The molecular formula is C14H25N3O3S. The fraction of sp³-hybridized carbons (Fsp3) is 0.857. The van der Waals surface area contributed by atoms with Crippen molar-refractivity contribution in [3.05, 3.63) is 0 Å². The van der Waals surface area contributed by atoms with E-state index in [1.54, 1.807) is 16.7 Å². The minimum absolute atomic E-state index is 0.231. The lowest BCUT2D eigenvalue weighted by atomic mass is 10.2. The maximum absolute atomic E-state index is 12.2. The van der Waals surface area contributed by atoms with Crippen molar-refractivity contribution in [2.45, 2.75) is 37.8 Å². The molecule has 6 nitrogen and oxygen atoms in total. The largest absolute Gasteiger partial charge is 0.480 e. The number of carbonyl (C=O) groups excluding carboxylic acids is 1. The third kappa shape index (κ3) is 4.51. The van der Waals surface area contributed by atoms with Crippen molar-refractivity contribution in [1.29, 1.82) is 0 Å². The molecule has 0 aliphatic carbocycles. The van der Waals surface area contributed by atoms with Crippen molar-refractivity contribution in [3.63, 3.8) is 0 Å². The van der Waals surface area contributed by atoms with Crippen molar-refractivity contribution in [2.75, 3.05) is 38.2 Å². The van der Waals surface area contributed by atoms with E-state index in [-0.39, 0.29) is 6.03 Å². The number of carboxylic acids is 1. The van der Waals surface area contributed by atoms with Gasteiger partial charge in [-0.2, -0.15) is 11.8 Å². The second kappa shape index (κ2) is 7.89. The van der Waals surface area contributed by atoms with Crippen LogP contribution in [-0.2, 0) is 4.79 Å². The van der Waals surface area contributed by atoms with Crippen LogP contribution in [0.25, 0.3) is 0 Å². The average molecular weight is 315 g/mol. The van der Waals surface area contributed by atoms with Gasteiger partial charge in [-0.05, 0) is 50.8 Å². The molecule has 2 rings (SSSR count). The van der Waals surface area contributed by atoms with E-state index in [1.807, 2.05) is 6.26 Å². The van der Waals surface area contributed by atoms with Crippen LogP contribution in [0.2, 0.25) is 0 Å². The molecule has 1 unspecified atom stereocenters. The molecule has 120 valence electrons. The Morgan fingerprint density at radius 1 is 1.33 bits per heavy atom. The highest BCUT2D eigenvalue weighted by Crippen LogP contribution is 2.20. The Kier molecular flexibility index (Phi) is 6.17. The number of carboxylic acid groups (broad SMARTS) is 1. The first-order chi connectivity index (χ1) is 10.1. The van der Waals surface area contributed by atoms with E-state index >= 15 is 0 Å². The highest BCUT2D eigenvalue weighted by molar-refractivity contribution is 7.98. The minimum atomic E-state index is -0.951. The van der Waals surface area contributed by atoms with Gasteiger partial charge in [0.15, 0.2) is 0 Å². The summed E-state index contributed by atoms with van der Waals surface area (Å²) in [4.78, 5) is 27.6. The number of urea groups is 1. The summed E-state index contributed by atoms with van der Waals surface area (Å²) in [6, 6.07) is -0.561. The van der Waals surface area contributed by atoms with E-state index in [4.69, 9.17) is 5.11 Å². The van der Waals surface area contributed by atoms with Gasteiger partial charge in [0.1, 0.15) is 6.04 Å². The highest BCUT2D eigenvalue weighted by Gasteiger charge is 2.32. The smallest absolute Gasteiger partial charge is 0.326 e. The van der Waals surface area contributed by atoms with Crippen molar-refractivity contribution < 1.29 is 14.7 Å². The zero-order valence-corrected chi connectivity index (χ0v) is 13.4. The number of thioether (sulfide) groups is 1. The van der Waals surface area contributed by atoms with E-state index in [1.165, 1.54) is 12.8 Å². The van der Waals surface area contributed by atoms with Crippen LogP contribution >= 0.6 is 11.8 Å². The van der Waals surface area contributed by atoms with Crippen molar-refractivity contribution in [1.82, 2.24) is 15.1 Å². The van der Waals surface area contributed by atoms with Crippen molar-refractivity contribution in [2.24, 2.45) is 0 Å². The molecule has 0 aromatic rings. The van der Waals surface area contributed by atoms with Gasteiger partial charge in [-0.3, -0.25) is 4.90 Å². The summed E-state index contributed by atoms with van der Waals surface area (Å²) < 4.78 is 0. The first-order valence-corrected chi connectivity index (χ1v) is 9.02. The third-order valence-corrected chi connectivity index (χ3v) is 4.96. The van der Waals surface area contributed by atoms with Crippen LogP contribution in [-0.4, -0.2) is 77.2 Å². The number of hydrogen-bond donors (Lipinski definition) is 2. The first kappa shape index (κ1) is 16.4. The van der Waals surface area contributed by atoms with Gasteiger partial charge >= 0.3 is 12.0 Å². The number of nitrogens with one attached hydrogen (secondary N) is 1. The number of carbonyl (C=O) groups is 2. The van der Waals surface area contributed by atoms with E-state index < -0.39 is 12.0 Å². The van der Waals surface area contributed by atoms with Crippen LogP contribution in [0.3, 0.4) is 0 Å². The number of likely N-dealkylation sites (tertiary alicyclic amines) is 2. The highest BCUT2D eigenvalue weighted by atomic mass is 32.2. The quantitative estimate of drug-likeness (QED) is 0.767. The van der Waals surface area contributed by atoms with Crippen molar-refractivity contribution in [3.8, 4) is 0 Å². The Hall–Kier alpha value is -0.950. The van der Waals surface area contributed by atoms with Crippen LogP contribution in [0, 0.1) is 0 Å². The van der Waals surface area contributed by atoms with Crippen molar-refractivity contribution >= 4 is 23.8 Å². The molecular weight excluding hydrogens is 290 g/mol. The second-order valence-corrected chi connectivity index (χ2v) is 6.74. The number of nitrogens with zero attached hydrogens (tertiary/aromatic N) is 2. The van der Waals surface area contributed by atoms with E-state index in [2.05, 4.69) is 10.2 Å². The standard InChI is InChI=1S/C14H25N3O3S/c1-21-9-5-12(13(18)19)15-14(20)17-8-4-11(10-17)16-6-2-3-7-16/h11-12H,2-10H2,1H3,(H,15,20)(H,18,19)/t11?,12-/m0/s1. The van der Waals surface area contributed by atoms with Gasteiger partial charge in [0.05, 0.1) is 0 Å². The summed E-state index contributed by atoms with van der Waals surface area (Å²) >= 11 is 1.59. The zero-order valence-electron chi connectivity index (χ0n) is 12.6. The van der Waals surface area contributed by atoms with Gasteiger partial charge in [0, 0.05) is 19.1 Å². The van der Waals surface area contributed by atoms with Gasteiger partial charge < -0.3 is 15.3 Å². The Morgan fingerprint density at radius 3 is 2.67 bits per heavy atom. The van der Waals surface area contributed by atoms with E-state index in [0.717, 1.165) is 38.4 Å². The molecule has 2 heterocycles. The molecule has 7 heteroatoms. The lowest BCUT2D eigenvalue weighted by Gasteiger charge is -2.24. The summed E-state index contributed by atoms with van der Waals surface area (Å²) in [6.07, 6.45) is 5.89. The number of amides is 2. The molecule has 2 saturated heterocycles. The molecule has 0 spiro atoms. The fourth-order valence-corrected chi connectivity index (χ4v) is 3.54. The van der Waals surface area contributed by atoms with Crippen LogP contribution in [0.5, 0.6) is 0 Å². The maximum Gasteiger partial charge on any atom is 0.326 e.